The minimum Gasteiger partial charge on any atom is -0.496 e. The van der Waals surface area contributed by atoms with Crippen molar-refractivity contribution in [3.8, 4) is 33.8 Å². The normalized spacial score (nSPS) is 10.6. The average Bonchev–Trinajstić information content (AvgIpc) is 2.62. The Hall–Kier alpha value is -2.88. The third-order valence-electron chi connectivity index (χ3n) is 4.10. The van der Waals surface area contributed by atoms with Crippen molar-refractivity contribution >= 4 is 0 Å². The molecule has 128 valence electrons. The van der Waals surface area contributed by atoms with Gasteiger partial charge in [0, 0.05) is 28.3 Å². The summed E-state index contributed by atoms with van der Waals surface area (Å²) >= 11 is 0. The second-order valence-electron chi connectivity index (χ2n) is 5.72. The number of para-hydroxylation sites is 1. The first kappa shape index (κ1) is 17.0. The quantitative estimate of drug-likeness (QED) is 0.613. The zero-order chi connectivity index (χ0) is 18.0. The summed E-state index contributed by atoms with van der Waals surface area (Å²) in [5.74, 6) is -0.227. The van der Waals surface area contributed by atoms with E-state index in [4.69, 9.17) is 9.47 Å². The van der Waals surface area contributed by atoms with E-state index in [-0.39, 0.29) is 11.1 Å². The summed E-state index contributed by atoms with van der Waals surface area (Å²) in [7, 11) is 3.04. The third-order valence-corrected chi connectivity index (χ3v) is 4.10. The van der Waals surface area contributed by atoms with Crippen LogP contribution in [0.1, 0.15) is 5.56 Å². The second kappa shape index (κ2) is 6.93. The molecule has 0 aliphatic carbocycles. The molecule has 0 saturated heterocycles. The first-order chi connectivity index (χ1) is 12.0. The lowest BCUT2D eigenvalue weighted by Gasteiger charge is -2.14. The fraction of sp³-hybridized carbons (Fsp3) is 0.143. The Kier molecular flexibility index (Phi) is 4.70. The molecule has 0 aliphatic heterocycles. The van der Waals surface area contributed by atoms with Gasteiger partial charge in [-0.2, -0.15) is 0 Å². The molecule has 25 heavy (non-hydrogen) atoms. The standard InChI is InChI=1S/C21H18F2O2/c1-13-8-9-21(25-3)17(10-13)16-11-15(18(22)12-19(16)23)14-6-4-5-7-20(14)24-2/h4-12H,1-3H3. The highest BCUT2D eigenvalue weighted by Crippen LogP contribution is 2.38. The summed E-state index contributed by atoms with van der Waals surface area (Å²) in [6, 6.07) is 14.9. The van der Waals surface area contributed by atoms with Gasteiger partial charge in [-0.1, -0.05) is 29.8 Å². The molecule has 0 atom stereocenters. The van der Waals surface area contributed by atoms with Crippen molar-refractivity contribution < 1.29 is 18.3 Å². The van der Waals surface area contributed by atoms with Crippen LogP contribution in [0.4, 0.5) is 8.78 Å². The van der Waals surface area contributed by atoms with Gasteiger partial charge in [0.2, 0.25) is 0 Å². The molecular weight excluding hydrogens is 322 g/mol. The summed E-state index contributed by atoms with van der Waals surface area (Å²) in [6.45, 7) is 1.91. The highest BCUT2D eigenvalue weighted by molar-refractivity contribution is 5.79. The lowest BCUT2D eigenvalue weighted by atomic mass is 9.96. The Morgan fingerprint density at radius 1 is 0.640 bits per heavy atom. The van der Waals surface area contributed by atoms with Crippen molar-refractivity contribution in [2.24, 2.45) is 0 Å². The van der Waals surface area contributed by atoms with Gasteiger partial charge in [-0.25, -0.2) is 8.78 Å². The van der Waals surface area contributed by atoms with Crippen LogP contribution in [0.15, 0.2) is 54.6 Å². The van der Waals surface area contributed by atoms with Crippen LogP contribution in [0.25, 0.3) is 22.3 Å². The van der Waals surface area contributed by atoms with Crippen LogP contribution in [0.2, 0.25) is 0 Å². The Labute approximate surface area is 145 Å². The van der Waals surface area contributed by atoms with Crippen LogP contribution in [0.5, 0.6) is 11.5 Å². The maximum atomic E-state index is 14.5. The zero-order valence-electron chi connectivity index (χ0n) is 14.3. The molecule has 0 unspecified atom stereocenters. The fourth-order valence-corrected chi connectivity index (χ4v) is 2.86. The average molecular weight is 340 g/mol. The van der Waals surface area contributed by atoms with Crippen LogP contribution in [-0.2, 0) is 0 Å². The molecule has 0 bridgehead atoms. The molecule has 3 rings (SSSR count). The highest BCUT2D eigenvalue weighted by atomic mass is 19.1. The summed E-state index contributed by atoms with van der Waals surface area (Å²) in [5, 5.41) is 0. The molecule has 2 nitrogen and oxygen atoms in total. The van der Waals surface area contributed by atoms with E-state index < -0.39 is 11.6 Å². The highest BCUT2D eigenvalue weighted by Gasteiger charge is 2.18. The Morgan fingerprint density at radius 3 is 1.92 bits per heavy atom. The first-order valence-electron chi connectivity index (χ1n) is 7.82. The number of aryl methyl sites for hydroxylation is 1. The second-order valence-corrected chi connectivity index (χ2v) is 5.72. The van der Waals surface area contributed by atoms with Crippen molar-refractivity contribution in [1.82, 2.24) is 0 Å². The van der Waals surface area contributed by atoms with Gasteiger partial charge < -0.3 is 9.47 Å². The molecule has 0 saturated carbocycles. The molecule has 0 aliphatic rings. The molecule has 0 aromatic heterocycles. The maximum absolute atomic E-state index is 14.5. The Balaban J connectivity index is 2.26. The number of rotatable bonds is 4. The Bertz CT molecular complexity index is 920. The summed E-state index contributed by atoms with van der Waals surface area (Å²) in [6.07, 6.45) is 0. The number of benzene rings is 3. The van der Waals surface area contributed by atoms with Crippen LogP contribution >= 0.6 is 0 Å². The molecule has 3 aromatic rings. The minimum atomic E-state index is -0.641. The van der Waals surface area contributed by atoms with Crippen molar-refractivity contribution in [1.29, 1.82) is 0 Å². The van der Waals surface area contributed by atoms with Crippen LogP contribution in [0.3, 0.4) is 0 Å². The number of hydrogen-bond acceptors (Lipinski definition) is 2. The van der Waals surface area contributed by atoms with Crippen LogP contribution in [-0.4, -0.2) is 14.2 Å². The maximum Gasteiger partial charge on any atom is 0.134 e. The lowest BCUT2D eigenvalue weighted by Crippen LogP contribution is -1.96. The van der Waals surface area contributed by atoms with Crippen LogP contribution in [0, 0.1) is 18.6 Å². The number of halogens is 2. The molecule has 0 spiro atoms. The van der Waals surface area contributed by atoms with Gasteiger partial charge in [-0.15, -0.1) is 0 Å². The van der Waals surface area contributed by atoms with Gasteiger partial charge in [-0.05, 0) is 31.2 Å². The molecule has 0 N–H and O–H groups in total. The fourth-order valence-electron chi connectivity index (χ4n) is 2.86. The van der Waals surface area contributed by atoms with Crippen molar-refractivity contribution in [3.05, 3.63) is 71.8 Å². The summed E-state index contributed by atoms with van der Waals surface area (Å²) in [4.78, 5) is 0. The van der Waals surface area contributed by atoms with Gasteiger partial charge in [0.25, 0.3) is 0 Å². The summed E-state index contributed by atoms with van der Waals surface area (Å²) < 4.78 is 39.7. The zero-order valence-corrected chi connectivity index (χ0v) is 14.3. The molecular formula is C21H18F2O2. The molecule has 4 heteroatoms. The number of methoxy groups -OCH3 is 2. The predicted octanol–water partition coefficient (Wildman–Crippen LogP) is 5.62. The third kappa shape index (κ3) is 3.20. The van der Waals surface area contributed by atoms with Gasteiger partial charge in [-0.3, -0.25) is 0 Å². The van der Waals surface area contributed by atoms with Crippen molar-refractivity contribution in [2.45, 2.75) is 6.92 Å². The molecule has 0 fully saturated rings. The molecule has 3 aromatic carbocycles. The number of hydrogen-bond donors (Lipinski definition) is 0. The van der Waals surface area contributed by atoms with Crippen molar-refractivity contribution in [3.63, 3.8) is 0 Å². The van der Waals surface area contributed by atoms with Crippen LogP contribution < -0.4 is 9.47 Å². The van der Waals surface area contributed by atoms with E-state index in [1.54, 1.807) is 30.3 Å². The van der Waals surface area contributed by atoms with E-state index in [0.717, 1.165) is 11.6 Å². The van der Waals surface area contributed by atoms with Gasteiger partial charge in [0.05, 0.1) is 14.2 Å². The van der Waals surface area contributed by atoms with Crippen molar-refractivity contribution in [2.75, 3.05) is 14.2 Å². The van der Waals surface area contributed by atoms with E-state index in [9.17, 15) is 8.78 Å². The smallest absolute Gasteiger partial charge is 0.134 e. The molecule has 0 radical (unpaired) electrons. The minimum absolute atomic E-state index is 0.275. The Morgan fingerprint density at radius 2 is 1.24 bits per heavy atom. The first-order valence-corrected chi connectivity index (χ1v) is 7.82. The monoisotopic (exact) mass is 340 g/mol. The van der Waals surface area contributed by atoms with Gasteiger partial charge in [0.15, 0.2) is 0 Å². The number of ether oxygens (including phenoxy) is 2. The van der Waals surface area contributed by atoms with Gasteiger partial charge >= 0.3 is 0 Å². The van der Waals surface area contributed by atoms with E-state index in [0.29, 0.717) is 22.6 Å². The van der Waals surface area contributed by atoms with E-state index >= 15 is 0 Å². The van der Waals surface area contributed by atoms with E-state index in [1.165, 1.54) is 20.3 Å². The predicted molar refractivity (Wildman–Crippen MR) is 95.1 cm³/mol. The topological polar surface area (TPSA) is 18.5 Å². The summed E-state index contributed by atoms with van der Waals surface area (Å²) in [5.41, 5.74) is 2.66. The van der Waals surface area contributed by atoms with E-state index in [2.05, 4.69) is 0 Å². The van der Waals surface area contributed by atoms with E-state index in [1.807, 2.05) is 19.1 Å². The molecule has 0 heterocycles. The lowest BCUT2D eigenvalue weighted by molar-refractivity contribution is 0.416. The SMILES string of the molecule is COc1ccccc1-c1cc(-c2cc(C)ccc2OC)c(F)cc1F. The molecule has 0 amide bonds. The largest absolute Gasteiger partial charge is 0.496 e. The van der Waals surface area contributed by atoms with Gasteiger partial charge in [0.1, 0.15) is 23.1 Å².